The lowest BCUT2D eigenvalue weighted by Crippen LogP contribution is -2.20. The number of methoxy groups -OCH3 is 1. The van der Waals surface area contributed by atoms with Gasteiger partial charge in [-0.15, -0.1) is 0 Å². The predicted octanol–water partition coefficient (Wildman–Crippen LogP) is 2.27. The molecule has 0 amide bonds. The summed E-state index contributed by atoms with van der Waals surface area (Å²) in [6.07, 6.45) is 2.48. The number of anilines is 1. The predicted molar refractivity (Wildman–Crippen MR) is 72.1 cm³/mol. The van der Waals surface area contributed by atoms with Gasteiger partial charge >= 0.3 is 5.97 Å². The molecule has 7 heteroatoms. The summed E-state index contributed by atoms with van der Waals surface area (Å²) in [4.78, 5) is 21.7. The van der Waals surface area contributed by atoms with E-state index in [-0.39, 0.29) is 29.1 Å². The third-order valence-corrected chi connectivity index (χ3v) is 3.54. The molecule has 1 aliphatic carbocycles. The SMILES string of the molecule is COC1CCC(Nc2c(C(=O)O)cccc2[N+](=O)[O-])C1. The van der Waals surface area contributed by atoms with Gasteiger partial charge in [-0.3, -0.25) is 10.1 Å². The fourth-order valence-corrected chi connectivity index (χ4v) is 2.51. The van der Waals surface area contributed by atoms with Crippen molar-refractivity contribution in [1.29, 1.82) is 0 Å². The van der Waals surface area contributed by atoms with Crippen LogP contribution in [0.4, 0.5) is 11.4 Å². The van der Waals surface area contributed by atoms with Crippen molar-refractivity contribution in [2.75, 3.05) is 12.4 Å². The van der Waals surface area contributed by atoms with E-state index in [0.29, 0.717) is 6.42 Å². The molecule has 1 saturated carbocycles. The first kappa shape index (κ1) is 14.3. The first-order valence-electron chi connectivity index (χ1n) is 6.33. The molecule has 1 aliphatic rings. The number of para-hydroxylation sites is 1. The van der Waals surface area contributed by atoms with Gasteiger partial charge in [0.15, 0.2) is 0 Å². The average Bonchev–Trinajstić information content (AvgIpc) is 2.86. The molecule has 2 unspecified atom stereocenters. The van der Waals surface area contributed by atoms with Crippen molar-refractivity contribution >= 4 is 17.3 Å². The molecule has 0 radical (unpaired) electrons. The third kappa shape index (κ3) is 2.88. The smallest absolute Gasteiger partial charge is 0.338 e. The molecular weight excluding hydrogens is 264 g/mol. The molecule has 0 aliphatic heterocycles. The van der Waals surface area contributed by atoms with Gasteiger partial charge in [-0.1, -0.05) is 6.07 Å². The minimum absolute atomic E-state index is 0.0147. The van der Waals surface area contributed by atoms with Crippen LogP contribution in [0.1, 0.15) is 29.6 Å². The molecule has 2 atom stereocenters. The number of carbonyl (C=O) groups is 1. The van der Waals surface area contributed by atoms with Crippen LogP contribution < -0.4 is 5.32 Å². The summed E-state index contributed by atoms with van der Waals surface area (Å²) in [5, 5.41) is 23.2. The Balaban J connectivity index is 2.29. The van der Waals surface area contributed by atoms with Crippen LogP contribution in [-0.4, -0.2) is 35.3 Å². The number of nitrogens with one attached hydrogen (secondary N) is 1. The normalized spacial score (nSPS) is 21.6. The third-order valence-electron chi connectivity index (χ3n) is 3.54. The van der Waals surface area contributed by atoms with Gasteiger partial charge in [0, 0.05) is 19.2 Å². The fourth-order valence-electron chi connectivity index (χ4n) is 2.51. The molecule has 1 aromatic carbocycles. The summed E-state index contributed by atoms with van der Waals surface area (Å²) in [6, 6.07) is 4.02. The van der Waals surface area contributed by atoms with E-state index in [2.05, 4.69) is 5.32 Å². The summed E-state index contributed by atoms with van der Waals surface area (Å²) in [6.45, 7) is 0. The van der Waals surface area contributed by atoms with Crippen LogP contribution in [0.2, 0.25) is 0 Å². The highest BCUT2D eigenvalue weighted by atomic mass is 16.6. The summed E-state index contributed by atoms with van der Waals surface area (Å²) in [5.74, 6) is -1.18. The van der Waals surface area contributed by atoms with E-state index in [1.807, 2.05) is 0 Å². The Morgan fingerprint density at radius 3 is 2.80 bits per heavy atom. The van der Waals surface area contributed by atoms with E-state index >= 15 is 0 Å². The molecule has 0 bridgehead atoms. The minimum atomic E-state index is -1.18. The summed E-state index contributed by atoms with van der Waals surface area (Å²) >= 11 is 0. The standard InChI is InChI=1S/C13H16N2O5/c1-20-9-6-5-8(7-9)14-12-10(13(16)17)3-2-4-11(12)15(18)19/h2-4,8-9,14H,5-7H2,1H3,(H,16,17). The van der Waals surface area contributed by atoms with Gasteiger partial charge < -0.3 is 15.2 Å². The second-order valence-corrected chi connectivity index (χ2v) is 4.77. The maximum Gasteiger partial charge on any atom is 0.338 e. The number of hydrogen-bond acceptors (Lipinski definition) is 5. The number of nitrogens with zero attached hydrogens (tertiary/aromatic N) is 1. The zero-order valence-electron chi connectivity index (χ0n) is 11.0. The maximum absolute atomic E-state index is 11.2. The first-order valence-corrected chi connectivity index (χ1v) is 6.33. The number of carboxylic acid groups (broad SMARTS) is 1. The number of hydrogen-bond donors (Lipinski definition) is 2. The quantitative estimate of drug-likeness (QED) is 0.633. The Morgan fingerprint density at radius 1 is 1.50 bits per heavy atom. The van der Waals surface area contributed by atoms with E-state index in [4.69, 9.17) is 9.84 Å². The van der Waals surface area contributed by atoms with Gasteiger partial charge in [0.05, 0.1) is 16.6 Å². The molecule has 0 saturated heterocycles. The van der Waals surface area contributed by atoms with E-state index in [9.17, 15) is 14.9 Å². The second kappa shape index (κ2) is 5.87. The largest absolute Gasteiger partial charge is 0.478 e. The molecule has 0 aromatic heterocycles. The summed E-state index contributed by atoms with van der Waals surface area (Å²) < 4.78 is 5.24. The molecule has 0 heterocycles. The molecule has 7 nitrogen and oxygen atoms in total. The highest BCUT2D eigenvalue weighted by Gasteiger charge is 2.28. The van der Waals surface area contributed by atoms with Crippen molar-refractivity contribution in [3.05, 3.63) is 33.9 Å². The lowest BCUT2D eigenvalue weighted by Gasteiger charge is -2.16. The van der Waals surface area contributed by atoms with Crippen LogP contribution in [0, 0.1) is 10.1 Å². The molecular formula is C13H16N2O5. The number of benzene rings is 1. The van der Waals surface area contributed by atoms with Gasteiger partial charge in [0.2, 0.25) is 0 Å². The van der Waals surface area contributed by atoms with Crippen molar-refractivity contribution < 1.29 is 19.6 Å². The average molecular weight is 280 g/mol. The molecule has 1 aromatic rings. The zero-order chi connectivity index (χ0) is 14.7. The molecule has 2 N–H and O–H groups in total. The van der Waals surface area contributed by atoms with Crippen LogP contribution in [0.15, 0.2) is 18.2 Å². The van der Waals surface area contributed by atoms with Crippen LogP contribution in [0.3, 0.4) is 0 Å². The Morgan fingerprint density at radius 2 is 2.25 bits per heavy atom. The van der Waals surface area contributed by atoms with Gasteiger partial charge in [0.25, 0.3) is 5.69 Å². The van der Waals surface area contributed by atoms with E-state index < -0.39 is 10.9 Å². The minimum Gasteiger partial charge on any atom is -0.478 e. The van der Waals surface area contributed by atoms with Gasteiger partial charge in [-0.25, -0.2) is 4.79 Å². The van der Waals surface area contributed by atoms with Crippen molar-refractivity contribution in [1.82, 2.24) is 0 Å². The van der Waals surface area contributed by atoms with Gasteiger partial charge in [0.1, 0.15) is 5.69 Å². The molecule has 1 fully saturated rings. The van der Waals surface area contributed by atoms with Gasteiger partial charge in [-0.2, -0.15) is 0 Å². The van der Waals surface area contributed by atoms with Crippen molar-refractivity contribution in [2.24, 2.45) is 0 Å². The van der Waals surface area contributed by atoms with Crippen LogP contribution in [-0.2, 0) is 4.74 Å². The number of aromatic carboxylic acids is 1. The number of nitro groups is 1. The van der Waals surface area contributed by atoms with Crippen LogP contribution in [0.5, 0.6) is 0 Å². The number of ether oxygens (including phenoxy) is 1. The highest BCUT2D eigenvalue weighted by Crippen LogP contribution is 2.32. The Hall–Kier alpha value is -2.15. The fraction of sp³-hybridized carbons (Fsp3) is 0.462. The van der Waals surface area contributed by atoms with Crippen molar-refractivity contribution in [2.45, 2.75) is 31.4 Å². The highest BCUT2D eigenvalue weighted by molar-refractivity contribution is 5.96. The Labute approximate surface area is 115 Å². The molecule has 2 rings (SSSR count). The van der Waals surface area contributed by atoms with Crippen LogP contribution in [0.25, 0.3) is 0 Å². The maximum atomic E-state index is 11.2. The summed E-state index contributed by atoms with van der Waals surface area (Å²) in [7, 11) is 1.63. The topological polar surface area (TPSA) is 102 Å². The monoisotopic (exact) mass is 280 g/mol. The van der Waals surface area contributed by atoms with Crippen molar-refractivity contribution in [3.63, 3.8) is 0 Å². The lowest BCUT2D eigenvalue weighted by atomic mass is 10.1. The Bertz CT molecular complexity index is 499. The molecule has 0 spiro atoms. The van der Waals surface area contributed by atoms with Crippen LogP contribution >= 0.6 is 0 Å². The Kier molecular flexibility index (Phi) is 4.19. The number of nitro benzene ring substituents is 1. The van der Waals surface area contributed by atoms with Gasteiger partial charge in [-0.05, 0) is 25.3 Å². The first-order chi connectivity index (χ1) is 9.52. The van der Waals surface area contributed by atoms with E-state index in [0.717, 1.165) is 12.8 Å². The lowest BCUT2D eigenvalue weighted by molar-refractivity contribution is -0.384. The summed E-state index contributed by atoms with van der Waals surface area (Å²) in [5.41, 5.74) is -0.224. The van der Waals surface area contributed by atoms with Crippen molar-refractivity contribution in [3.8, 4) is 0 Å². The molecule has 108 valence electrons. The zero-order valence-corrected chi connectivity index (χ0v) is 11.0. The number of rotatable bonds is 5. The van der Waals surface area contributed by atoms with E-state index in [1.54, 1.807) is 7.11 Å². The second-order valence-electron chi connectivity index (χ2n) is 4.77. The number of carboxylic acids is 1. The molecule has 20 heavy (non-hydrogen) atoms. The van der Waals surface area contributed by atoms with E-state index in [1.165, 1.54) is 18.2 Å².